The van der Waals surface area contributed by atoms with Crippen LogP contribution >= 0.6 is 0 Å². The molecule has 1 atom stereocenters. The molecule has 0 aliphatic heterocycles. The highest BCUT2D eigenvalue weighted by atomic mass is 16.5. The minimum Gasteiger partial charge on any atom is -0.488 e. The Kier molecular flexibility index (Phi) is 7.04. The van der Waals surface area contributed by atoms with Crippen molar-refractivity contribution < 1.29 is 19.4 Å². The molecule has 0 saturated heterocycles. The van der Waals surface area contributed by atoms with Crippen molar-refractivity contribution in [3.05, 3.63) is 65.7 Å². The van der Waals surface area contributed by atoms with Crippen molar-refractivity contribution in [2.24, 2.45) is 0 Å². The van der Waals surface area contributed by atoms with Crippen LogP contribution in [-0.4, -0.2) is 29.4 Å². The Morgan fingerprint density at radius 1 is 1.04 bits per heavy atom. The standard InChI is InChI=1S/C21H27NO4/c1-21(2,3)26-19-11-9-16(10-12-19)13-18(14-23)22-20(24)25-15-17-7-5-4-6-8-17/h4-12,18,23H,13-15H2,1-3H3,(H,22,24)/t18-/m0/s1. The van der Waals surface area contributed by atoms with Crippen LogP contribution in [0.1, 0.15) is 31.9 Å². The monoisotopic (exact) mass is 357 g/mol. The van der Waals surface area contributed by atoms with E-state index >= 15 is 0 Å². The molecule has 0 spiro atoms. The average Bonchev–Trinajstić information content (AvgIpc) is 2.60. The quantitative estimate of drug-likeness (QED) is 0.793. The molecule has 2 aromatic rings. The van der Waals surface area contributed by atoms with Crippen molar-refractivity contribution in [2.45, 2.75) is 45.4 Å². The van der Waals surface area contributed by atoms with Gasteiger partial charge >= 0.3 is 6.09 Å². The summed E-state index contributed by atoms with van der Waals surface area (Å²) in [4.78, 5) is 11.9. The second kappa shape index (κ2) is 9.25. The van der Waals surface area contributed by atoms with Crippen LogP contribution in [0, 0.1) is 0 Å². The average molecular weight is 357 g/mol. The molecule has 0 radical (unpaired) electrons. The molecule has 2 rings (SSSR count). The van der Waals surface area contributed by atoms with Crippen LogP contribution in [0.2, 0.25) is 0 Å². The first-order valence-electron chi connectivity index (χ1n) is 8.72. The number of benzene rings is 2. The maximum absolute atomic E-state index is 11.9. The van der Waals surface area contributed by atoms with Gasteiger partial charge in [-0.1, -0.05) is 42.5 Å². The van der Waals surface area contributed by atoms with Gasteiger partial charge in [0.05, 0.1) is 12.6 Å². The molecule has 0 unspecified atom stereocenters. The van der Waals surface area contributed by atoms with Crippen molar-refractivity contribution in [2.75, 3.05) is 6.61 Å². The number of carbonyl (C=O) groups excluding carboxylic acids is 1. The fourth-order valence-corrected chi connectivity index (χ4v) is 2.42. The summed E-state index contributed by atoms with van der Waals surface area (Å²) in [5.41, 5.74) is 1.66. The number of carbonyl (C=O) groups is 1. The lowest BCUT2D eigenvalue weighted by Crippen LogP contribution is -2.39. The van der Waals surface area contributed by atoms with Gasteiger partial charge in [0, 0.05) is 0 Å². The Morgan fingerprint density at radius 2 is 1.69 bits per heavy atom. The summed E-state index contributed by atoms with van der Waals surface area (Å²) in [5.74, 6) is 0.789. The molecule has 2 aromatic carbocycles. The Morgan fingerprint density at radius 3 is 2.27 bits per heavy atom. The van der Waals surface area contributed by atoms with E-state index in [1.807, 2.05) is 75.4 Å². The van der Waals surface area contributed by atoms with E-state index in [4.69, 9.17) is 9.47 Å². The normalized spacial score (nSPS) is 12.3. The molecular formula is C21H27NO4. The first-order chi connectivity index (χ1) is 12.4. The maximum atomic E-state index is 11.9. The van der Waals surface area contributed by atoms with Gasteiger partial charge in [-0.05, 0) is 50.5 Å². The number of aliphatic hydroxyl groups is 1. The van der Waals surface area contributed by atoms with Gasteiger partial charge in [-0.2, -0.15) is 0 Å². The molecule has 5 nitrogen and oxygen atoms in total. The van der Waals surface area contributed by atoms with Gasteiger partial charge in [-0.3, -0.25) is 0 Å². The van der Waals surface area contributed by atoms with E-state index < -0.39 is 12.1 Å². The molecule has 0 aromatic heterocycles. The topological polar surface area (TPSA) is 67.8 Å². The Hall–Kier alpha value is -2.53. The zero-order valence-corrected chi connectivity index (χ0v) is 15.6. The molecule has 5 heteroatoms. The Labute approximate surface area is 155 Å². The third-order valence-electron chi connectivity index (χ3n) is 3.58. The highest BCUT2D eigenvalue weighted by molar-refractivity contribution is 5.67. The third-order valence-corrected chi connectivity index (χ3v) is 3.58. The molecular weight excluding hydrogens is 330 g/mol. The van der Waals surface area contributed by atoms with Crippen molar-refractivity contribution in [3.8, 4) is 5.75 Å². The lowest BCUT2D eigenvalue weighted by atomic mass is 10.1. The summed E-state index contributed by atoms with van der Waals surface area (Å²) in [5, 5.41) is 12.2. The van der Waals surface area contributed by atoms with E-state index in [1.54, 1.807) is 0 Å². The molecule has 0 heterocycles. The number of ether oxygens (including phenoxy) is 2. The number of rotatable bonds is 7. The summed E-state index contributed by atoms with van der Waals surface area (Å²) < 4.78 is 11.0. The van der Waals surface area contributed by atoms with Crippen LogP contribution in [0.15, 0.2) is 54.6 Å². The summed E-state index contributed by atoms with van der Waals surface area (Å²) in [6, 6.07) is 16.7. The second-order valence-electron chi connectivity index (χ2n) is 7.15. The van der Waals surface area contributed by atoms with Crippen LogP contribution in [-0.2, 0) is 17.8 Å². The summed E-state index contributed by atoms with van der Waals surface area (Å²) in [6.45, 7) is 6.01. The van der Waals surface area contributed by atoms with E-state index in [-0.39, 0.29) is 18.8 Å². The van der Waals surface area contributed by atoms with E-state index in [1.165, 1.54) is 0 Å². The van der Waals surface area contributed by atoms with Gasteiger partial charge in [-0.25, -0.2) is 4.79 Å². The Bertz CT molecular complexity index is 677. The van der Waals surface area contributed by atoms with Crippen molar-refractivity contribution in [1.29, 1.82) is 0 Å². The molecule has 0 aliphatic carbocycles. The predicted molar refractivity (Wildman–Crippen MR) is 101 cm³/mol. The number of nitrogens with one attached hydrogen (secondary N) is 1. The fourth-order valence-electron chi connectivity index (χ4n) is 2.42. The minimum atomic E-state index is -0.541. The second-order valence-corrected chi connectivity index (χ2v) is 7.15. The zero-order chi connectivity index (χ0) is 19.0. The largest absolute Gasteiger partial charge is 0.488 e. The van der Waals surface area contributed by atoms with Gasteiger partial charge in [0.15, 0.2) is 0 Å². The zero-order valence-electron chi connectivity index (χ0n) is 15.6. The number of alkyl carbamates (subject to hydrolysis) is 1. The third kappa shape index (κ3) is 7.15. The van der Waals surface area contributed by atoms with Crippen molar-refractivity contribution in [3.63, 3.8) is 0 Å². The highest BCUT2D eigenvalue weighted by Gasteiger charge is 2.14. The summed E-state index contributed by atoms with van der Waals surface area (Å²) in [7, 11) is 0. The number of aliphatic hydroxyl groups excluding tert-OH is 1. The van der Waals surface area contributed by atoms with Gasteiger partial charge in [0.2, 0.25) is 0 Å². The summed E-state index contributed by atoms with van der Waals surface area (Å²) in [6.07, 6.45) is -0.0344. The van der Waals surface area contributed by atoms with Gasteiger partial charge < -0.3 is 19.9 Å². The first-order valence-corrected chi connectivity index (χ1v) is 8.72. The Balaban J connectivity index is 1.83. The van der Waals surface area contributed by atoms with Gasteiger partial charge in [0.25, 0.3) is 0 Å². The molecule has 1 amide bonds. The maximum Gasteiger partial charge on any atom is 0.407 e. The lowest BCUT2D eigenvalue weighted by Gasteiger charge is -2.21. The van der Waals surface area contributed by atoms with Crippen LogP contribution in [0.3, 0.4) is 0 Å². The van der Waals surface area contributed by atoms with Gasteiger partial charge in [0.1, 0.15) is 18.0 Å². The molecule has 0 aliphatic rings. The molecule has 2 N–H and O–H groups in total. The molecule has 26 heavy (non-hydrogen) atoms. The summed E-state index contributed by atoms with van der Waals surface area (Å²) >= 11 is 0. The molecule has 0 saturated carbocycles. The number of hydrogen-bond acceptors (Lipinski definition) is 4. The minimum absolute atomic E-state index is 0.166. The van der Waals surface area contributed by atoms with E-state index in [0.29, 0.717) is 6.42 Å². The number of hydrogen-bond donors (Lipinski definition) is 2. The molecule has 0 bridgehead atoms. The fraction of sp³-hybridized carbons (Fsp3) is 0.381. The lowest BCUT2D eigenvalue weighted by molar-refractivity contribution is 0.128. The SMILES string of the molecule is CC(C)(C)Oc1ccc(C[C@@H](CO)NC(=O)OCc2ccccc2)cc1. The van der Waals surface area contributed by atoms with E-state index in [9.17, 15) is 9.90 Å². The van der Waals surface area contributed by atoms with Crippen LogP contribution in [0.4, 0.5) is 4.79 Å². The highest BCUT2D eigenvalue weighted by Crippen LogP contribution is 2.19. The number of amides is 1. The molecule has 140 valence electrons. The van der Waals surface area contributed by atoms with Crippen molar-refractivity contribution >= 4 is 6.09 Å². The molecule has 0 fully saturated rings. The van der Waals surface area contributed by atoms with Crippen LogP contribution < -0.4 is 10.1 Å². The van der Waals surface area contributed by atoms with E-state index in [0.717, 1.165) is 16.9 Å². The van der Waals surface area contributed by atoms with Crippen LogP contribution in [0.5, 0.6) is 5.75 Å². The van der Waals surface area contributed by atoms with Crippen LogP contribution in [0.25, 0.3) is 0 Å². The van der Waals surface area contributed by atoms with Crippen molar-refractivity contribution in [1.82, 2.24) is 5.32 Å². The smallest absolute Gasteiger partial charge is 0.407 e. The van der Waals surface area contributed by atoms with E-state index in [2.05, 4.69) is 5.32 Å². The van der Waals surface area contributed by atoms with Gasteiger partial charge in [-0.15, -0.1) is 0 Å². The first kappa shape index (κ1) is 19.8. The predicted octanol–water partition coefficient (Wildman–Crippen LogP) is 3.69.